The minimum absolute atomic E-state index is 0.297. The summed E-state index contributed by atoms with van der Waals surface area (Å²) < 4.78 is 24.6. The van der Waals surface area contributed by atoms with Crippen molar-refractivity contribution in [2.24, 2.45) is 4.99 Å². The van der Waals surface area contributed by atoms with Gasteiger partial charge in [0.15, 0.2) is 5.96 Å². The van der Waals surface area contributed by atoms with E-state index in [0.717, 1.165) is 30.9 Å². The Balaban J connectivity index is 1.39. The maximum atomic E-state index is 13.0. The van der Waals surface area contributed by atoms with Gasteiger partial charge in [0.1, 0.15) is 11.6 Å². The van der Waals surface area contributed by atoms with Crippen molar-refractivity contribution in [2.45, 2.75) is 51.0 Å². The van der Waals surface area contributed by atoms with E-state index >= 15 is 0 Å². The monoisotopic (exact) mass is 384 g/mol. The molecule has 2 N–H and O–H groups in total. The summed E-state index contributed by atoms with van der Waals surface area (Å²) in [6, 6.07) is 9.95. The average Bonchev–Trinajstić information content (AvgIpc) is 3.32. The van der Waals surface area contributed by atoms with E-state index in [1.807, 2.05) is 12.1 Å². The second-order valence-corrected chi connectivity index (χ2v) is 7.11. The van der Waals surface area contributed by atoms with Crippen LogP contribution >= 0.6 is 0 Å². The first-order valence-electron chi connectivity index (χ1n) is 9.78. The molecule has 0 saturated carbocycles. The second-order valence-electron chi connectivity index (χ2n) is 7.11. The molecule has 2 fully saturated rings. The molecule has 2 aliphatic heterocycles. The number of fused-ring (bicyclic) bond motifs is 2. The molecule has 0 aliphatic carbocycles. The molecule has 3 heterocycles. The van der Waals surface area contributed by atoms with Crippen LogP contribution in [0, 0.1) is 5.82 Å². The van der Waals surface area contributed by atoms with Gasteiger partial charge in [-0.05, 0) is 62.1 Å². The number of ether oxygens (including phenoxy) is 2. The Hall–Kier alpha value is -2.67. The van der Waals surface area contributed by atoms with Crippen LogP contribution in [-0.4, -0.2) is 35.7 Å². The fourth-order valence-corrected chi connectivity index (χ4v) is 3.68. The molecule has 148 valence electrons. The van der Waals surface area contributed by atoms with Gasteiger partial charge < -0.3 is 20.1 Å². The van der Waals surface area contributed by atoms with Crippen LogP contribution in [0.1, 0.15) is 31.7 Å². The maximum Gasteiger partial charge on any atom is 0.219 e. The third-order valence-corrected chi connectivity index (χ3v) is 5.03. The van der Waals surface area contributed by atoms with Crippen LogP contribution in [0.15, 0.2) is 47.6 Å². The highest BCUT2D eigenvalue weighted by Crippen LogP contribution is 2.34. The Morgan fingerprint density at radius 3 is 2.86 bits per heavy atom. The predicted octanol–water partition coefficient (Wildman–Crippen LogP) is 3.39. The van der Waals surface area contributed by atoms with E-state index in [2.05, 4.69) is 22.5 Å². The van der Waals surface area contributed by atoms with Gasteiger partial charge in [0.2, 0.25) is 5.88 Å². The first-order chi connectivity index (χ1) is 13.7. The number of rotatable bonds is 6. The number of aliphatic imine (C=N–C) groups is 1. The zero-order valence-corrected chi connectivity index (χ0v) is 15.9. The van der Waals surface area contributed by atoms with Gasteiger partial charge in [0, 0.05) is 18.8 Å². The van der Waals surface area contributed by atoms with Gasteiger partial charge in [-0.25, -0.2) is 14.4 Å². The molecule has 6 nitrogen and oxygen atoms in total. The number of aromatic nitrogens is 1. The summed E-state index contributed by atoms with van der Waals surface area (Å²) in [4.78, 5) is 8.91. The standard InChI is InChI=1S/C21H25FN4O2/c1-2-23-21(26-18-12-17-7-8-19(18)27-17)25-13-14-9-10-24-20(11-14)28-16-5-3-15(22)4-6-16/h3-6,9-11,17-19H,2,7-8,12-13H2,1H3,(H2,23,25,26). The molecule has 4 rings (SSSR count). The minimum Gasteiger partial charge on any atom is -0.439 e. The molecule has 1 aromatic heterocycles. The SMILES string of the molecule is CCNC(=NCc1ccnc(Oc2ccc(F)cc2)c1)NC1CC2CCC1O2. The lowest BCUT2D eigenvalue weighted by atomic mass is 9.96. The van der Waals surface area contributed by atoms with Gasteiger partial charge in [0.25, 0.3) is 0 Å². The summed E-state index contributed by atoms with van der Waals surface area (Å²) in [5, 5.41) is 6.81. The van der Waals surface area contributed by atoms with Crippen LogP contribution in [0.4, 0.5) is 4.39 Å². The number of nitrogens with zero attached hydrogens (tertiary/aromatic N) is 2. The van der Waals surface area contributed by atoms with E-state index in [-0.39, 0.29) is 5.82 Å². The van der Waals surface area contributed by atoms with Crippen LogP contribution in [0.2, 0.25) is 0 Å². The molecule has 2 aromatic rings. The molecular formula is C21H25FN4O2. The fraction of sp³-hybridized carbons (Fsp3) is 0.429. The van der Waals surface area contributed by atoms with Crippen LogP contribution in [-0.2, 0) is 11.3 Å². The molecular weight excluding hydrogens is 359 g/mol. The lowest BCUT2D eigenvalue weighted by Crippen LogP contribution is -2.47. The van der Waals surface area contributed by atoms with Crippen LogP contribution < -0.4 is 15.4 Å². The van der Waals surface area contributed by atoms with Crippen LogP contribution in [0.25, 0.3) is 0 Å². The van der Waals surface area contributed by atoms with Crippen molar-refractivity contribution >= 4 is 5.96 Å². The highest BCUT2D eigenvalue weighted by Gasteiger charge is 2.41. The van der Waals surface area contributed by atoms with Crippen molar-refractivity contribution in [3.05, 3.63) is 54.0 Å². The van der Waals surface area contributed by atoms with E-state index in [9.17, 15) is 4.39 Å². The largest absolute Gasteiger partial charge is 0.439 e. The summed E-state index contributed by atoms with van der Waals surface area (Å²) in [6.07, 6.45) is 5.72. The summed E-state index contributed by atoms with van der Waals surface area (Å²) in [5.41, 5.74) is 0.980. The zero-order chi connectivity index (χ0) is 19.3. The number of guanidine groups is 1. The maximum absolute atomic E-state index is 13.0. The molecule has 2 bridgehead atoms. The smallest absolute Gasteiger partial charge is 0.219 e. The zero-order valence-electron chi connectivity index (χ0n) is 15.9. The first-order valence-corrected chi connectivity index (χ1v) is 9.78. The number of nitrogens with one attached hydrogen (secondary N) is 2. The predicted molar refractivity (Wildman–Crippen MR) is 105 cm³/mol. The van der Waals surface area contributed by atoms with E-state index < -0.39 is 0 Å². The third kappa shape index (κ3) is 4.59. The van der Waals surface area contributed by atoms with Crippen molar-refractivity contribution in [3.63, 3.8) is 0 Å². The molecule has 0 amide bonds. The topological polar surface area (TPSA) is 67.8 Å². The molecule has 28 heavy (non-hydrogen) atoms. The van der Waals surface area contributed by atoms with Crippen LogP contribution in [0.3, 0.4) is 0 Å². The lowest BCUT2D eigenvalue weighted by Gasteiger charge is -2.22. The van der Waals surface area contributed by atoms with E-state index in [0.29, 0.717) is 36.4 Å². The Kier molecular flexibility index (Phi) is 5.71. The number of halogens is 1. The Bertz CT molecular complexity index is 827. The summed E-state index contributed by atoms with van der Waals surface area (Å²) >= 11 is 0. The molecule has 2 saturated heterocycles. The van der Waals surface area contributed by atoms with Gasteiger partial charge in [-0.1, -0.05) is 0 Å². The van der Waals surface area contributed by atoms with Gasteiger partial charge in [-0.3, -0.25) is 0 Å². The van der Waals surface area contributed by atoms with Gasteiger partial charge in [-0.2, -0.15) is 0 Å². The quantitative estimate of drug-likeness (QED) is 0.590. The van der Waals surface area contributed by atoms with Crippen molar-refractivity contribution in [1.82, 2.24) is 15.6 Å². The summed E-state index contributed by atoms with van der Waals surface area (Å²) in [6.45, 7) is 3.34. The normalized spacial score (nSPS) is 23.6. The van der Waals surface area contributed by atoms with E-state index in [1.165, 1.54) is 18.6 Å². The van der Waals surface area contributed by atoms with Gasteiger partial charge in [-0.15, -0.1) is 0 Å². The average molecular weight is 384 g/mol. The Morgan fingerprint density at radius 1 is 1.29 bits per heavy atom. The second kappa shape index (κ2) is 8.56. The molecule has 2 aliphatic rings. The molecule has 0 radical (unpaired) electrons. The first kappa shape index (κ1) is 18.7. The number of pyridine rings is 1. The van der Waals surface area contributed by atoms with Crippen LogP contribution in [0.5, 0.6) is 11.6 Å². The number of benzene rings is 1. The lowest BCUT2D eigenvalue weighted by molar-refractivity contribution is 0.0992. The molecule has 0 spiro atoms. The summed E-state index contributed by atoms with van der Waals surface area (Å²) in [5.74, 6) is 1.49. The third-order valence-electron chi connectivity index (χ3n) is 5.03. The Morgan fingerprint density at radius 2 is 2.14 bits per heavy atom. The molecule has 1 aromatic carbocycles. The summed E-state index contributed by atoms with van der Waals surface area (Å²) in [7, 11) is 0. The van der Waals surface area contributed by atoms with E-state index in [1.54, 1.807) is 18.3 Å². The Labute approximate surface area is 164 Å². The van der Waals surface area contributed by atoms with Crippen molar-refractivity contribution in [1.29, 1.82) is 0 Å². The number of hydrogen-bond donors (Lipinski definition) is 2. The van der Waals surface area contributed by atoms with Crippen molar-refractivity contribution in [2.75, 3.05) is 6.54 Å². The van der Waals surface area contributed by atoms with E-state index in [4.69, 9.17) is 14.5 Å². The highest BCUT2D eigenvalue weighted by atomic mass is 19.1. The molecule has 3 unspecified atom stereocenters. The highest BCUT2D eigenvalue weighted by molar-refractivity contribution is 5.80. The number of hydrogen-bond acceptors (Lipinski definition) is 4. The van der Waals surface area contributed by atoms with Gasteiger partial charge >= 0.3 is 0 Å². The fourth-order valence-electron chi connectivity index (χ4n) is 3.68. The van der Waals surface area contributed by atoms with Crippen molar-refractivity contribution < 1.29 is 13.9 Å². The van der Waals surface area contributed by atoms with Crippen molar-refractivity contribution in [3.8, 4) is 11.6 Å². The molecule has 3 atom stereocenters. The minimum atomic E-state index is -0.298. The van der Waals surface area contributed by atoms with Gasteiger partial charge in [0.05, 0.1) is 24.8 Å². The molecule has 7 heteroatoms.